The zero-order chi connectivity index (χ0) is 12.8. The van der Waals surface area contributed by atoms with Gasteiger partial charge in [-0.05, 0) is 25.1 Å². The molecule has 1 unspecified atom stereocenters. The van der Waals surface area contributed by atoms with Gasteiger partial charge in [0.25, 0.3) is 5.91 Å². The molecule has 1 amide bonds. The summed E-state index contributed by atoms with van der Waals surface area (Å²) in [5.41, 5.74) is -1.46. The smallest absolute Gasteiger partial charge is 0.286 e. The highest BCUT2D eigenvalue weighted by Gasteiger charge is 2.45. The van der Waals surface area contributed by atoms with Crippen molar-refractivity contribution in [3.63, 3.8) is 0 Å². The largest absolute Gasteiger partial charge is 0.374 e. The van der Waals surface area contributed by atoms with Crippen LogP contribution < -0.4 is 5.01 Å². The van der Waals surface area contributed by atoms with Gasteiger partial charge in [-0.1, -0.05) is 34.8 Å². The molecule has 0 aliphatic carbocycles. The molecule has 90 valence electrons. The summed E-state index contributed by atoms with van der Waals surface area (Å²) in [7, 11) is 0. The van der Waals surface area contributed by atoms with Crippen molar-refractivity contribution in [2.24, 2.45) is 5.10 Å². The predicted octanol–water partition coefficient (Wildman–Crippen LogP) is 2.64. The third-order valence-electron chi connectivity index (χ3n) is 2.29. The van der Waals surface area contributed by atoms with Crippen LogP contribution in [-0.2, 0) is 4.79 Å². The molecule has 0 fully saturated rings. The molecule has 1 heterocycles. The van der Waals surface area contributed by atoms with Gasteiger partial charge in [0.15, 0.2) is 10.8 Å². The summed E-state index contributed by atoms with van der Waals surface area (Å²) in [5.74, 6) is -0.652. The lowest BCUT2D eigenvalue weighted by atomic mass is 10.1. The van der Waals surface area contributed by atoms with Gasteiger partial charge in [-0.2, -0.15) is 10.1 Å². The maximum Gasteiger partial charge on any atom is 0.286 e. The lowest BCUT2D eigenvalue weighted by Gasteiger charge is -2.17. The third kappa shape index (κ3) is 2.13. The fraction of sp³-hybridized carbons (Fsp3) is 0.200. The summed E-state index contributed by atoms with van der Waals surface area (Å²) >= 11 is 17.3. The van der Waals surface area contributed by atoms with Crippen molar-refractivity contribution in [3.05, 3.63) is 28.2 Å². The van der Waals surface area contributed by atoms with Crippen LogP contribution in [0.15, 0.2) is 23.3 Å². The number of aliphatic hydroxyl groups is 1. The van der Waals surface area contributed by atoms with Gasteiger partial charge in [-0.3, -0.25) is 4.79 Å². The van der Waals surface area contributed by atoms with E-state index in [2.05, 4.69) is 5.10 Å². The van der Waals surface area contributed by atoms with E-state index in [-0.39, 0.29) is 5.17 Å². The van der Waals surface area contributed by atoms with E-state index >= 15 is 0 Å². The highest BCUT2D eigenvalue weighted by atomic mass is 35.5. The Kier molecular flexibility index (Phi) is 3.08. The molecular weight excluding hydrogens is 286 g/mol. The number of halogens is 3. The minimum Gasteiger partial charge on any atom is -0.374 e. The highest BCUT2D eigenvalue weighted by Crippen LogP contribution is 2.31. The molecule has 1 aliphatic rings. The van der Waals surface area contributed by atoms with Crippen LogP contribution in [-0.4, -0.2) is 21.8 Å². The standard InChI is InChI=1S/C10H7Cl3N2O2/c1-10(17)8(13)14-15(9(10)16)7-3-5(11)2-6(12)4-7/h2-4,17H,1H3. The Bertz CT molecular complexity index is 508. The van der Waals surface area contributed by atoms with E-state index in [1.165, 1.54) is 25.1 Å². The molecule has 0 radical (unpaired) electrons. The third-order valence-corrected chi connectivity index (χ3v) is 3.17. The van der Waals surface area contributed by atoms with Gasteiger partial charge in [0, 0.05) is 10.0 Å². The van der Waals surface area contributed by atoms with E-state index in [9.17, 15) is 9.90 Å². The zero-order valence-electron chi connectivity index (χ0n) is 8.62. The summed E-state index contributed by atoms with van der Waals surface area (Å²) in [4.78, 5) is 11.9. The van der Waals surface area contributed by atoms with Crippen LogP contribution in [0.5, 0.6) is 0 Å². The number of amides is 1. The minimum absolute atomic E-state index is 0.196. The van der Waals surface area contributed by atoms with Crippen molar-refractivity contribution in [1.82, 2.24) is 0 Å². The quantitative estimate of drug-likeness (QED) is 0.865. The number of hydrogen-bond donors (Lipinski definition) is 1. The van der Waals surface area contributed by atoms with Crippen LogP contribution in [0.25, 0.3) is 0 Å². The number of rotatable bonds is 1. The molecule has 1 aromatic rings. The molecule has 2 rings (SSSR count). The van der Waals surface area contributed by atoms with E-state index in [4.69, 9.17) is 34.8 Å². The molecule has 0 spiro atoms. The van der Waals surface area contributed by atoms with Crippen molar-refractivity contribution in [3.8, 4) is 0 Å². The molecule has 1 N–H and O–H groups in total. The van der Waals surface area contributed by atoms with E-state index in [0.29, 0.717) is 15.7 Å². The second kappa shape index (κ2) is 4.14. The SMILES string of the molecule is CC1(O)C(=O)N(c2cc(Cl)cc(Cl)c2)N=C1Cl. The Morgan fingerprint density at radius 1 is 1.24 bits per heavy atom. The first-order valence-electron chi connectivity index (χ1n) is 4.60. The zero-order valence-corrected chi connectivity index (χ0v) is 10.9. The molecule has 4 nitrogen and oxygen atoms in total. The first-order valence-corrected chi connectivity index (χ1v) is 5.73. The van der Waals surface area contributed by atoms with Crippen LogP contribution >= 0.6 is 34.8 Å². The van der Waals surface area contributed by atoms with Gasteiger partial charge >= 0.3 is 0 Å². The molecule has 0 saturated carbocycles. The van der Waals surface area contributed by atoms with Gasteiger partial charge in [0.05, 0.1) is 5.69 Å². The average molecular weight is 294 g/mol. The molecule has 0 saturated heterocycles. The van der Waals surface area contributed by atoms with Gasteiger partial charge in [-0.15, -0.1) is 0 Å². The average Bonchev–Trinajstić information content (AvgIpc) is 2.41. The van der Waals surface area contributed by atoms with Gasteiger partial charge in [-0.25, -0.2) is 0 Å². The Hall–Kier alpha value is -0.810. The van der Waals surface area contributed by atoms with Gasteiger partial charge in [0.1, 0.15) is 0 Å². The van der Waals surface area contributed by atoms with Crippen LogP contribution in [0.1, 0.15) is 6.92 Å². The number of anilines is 1. The number of nitrogens with zero attached hydrogens (tertiary/aromatic N) is 2. The minimum atomic E-state index is -1.81. The normalized spacial score (nSPS) is 24.2. The Morgan fingerprint density at radius 2 is 1.76 bits per heavy atom. The fourth-order valence-electron chi connectivity index (χ4n) is 1.36. The number of benzene rings is 1. The summed E-state index contributed by atoms with van der Waals surface area (Å²) < 4.78 is 0. The first kappa shape index (κ1) is 12.6. The van der Waals surface area contributed by atoms with Crippen molar-refractivity contribution in [2.75, 3.05) is 5.01 Å². The second-order valence-electron chi connectivity index (χ2n) is 3.71. The molecule has 17 heavy (non-hydrogen) atoms. The summed E-state index contributed by atoms with van der Waals surface area (Å²) in [6.07, 6.45) is 0. The van der Waals surface area contributed by atoms with Gasteiger partial charge < -0.3 is 5.11 Å². The fourth-order valence-corrected chi connectivity index (χ4v) is 2.03. The number of hydrazone groups is 1. The monoisotopic (exact) mass is 292 g/mol. The maximum absolute atomic E-state index is 11.9. The summed E-state index contributed by atoms with van der Waals surface area (Å²) in [6, 6.07) is 4.53. The Balaban J connectivity index is 2.46. The number of carbonyl (C=O) groups is 1. The van der Waals surface area contributed by atoms with Crippen molar-refractivity contribution in [1.29, 1.82) is 0 Å². The van der Waals surface area contributed by atoms with Gasteiger partial charge in [0.2, 0.25) is 0 Å². The molecular formula is C10H7Cl3N2O2. The van der Waals surface area contributed by atoms with E-state index in [1.54, 1.807) is 0 Å². The Labute approximate surface area is 112 Å². The molecule has 0 bridgehead atoms. The highest BCUT2D eigenvalue weighted by molar-refractivity contribution is 6.70. The lowest BCUT2D eigenvalue weighted by molar-refractivity contribution is -0.128. The van der Waals surface area contributed by atoms with Crippen molar-refractivity contribution < 1.29 is 9.90 Å². The molecule has 0 aromatic heterocycles. The van der Waals surface area contributed by atoms with Crippen LogP contribution in [0, 0.1) is 0 Å². The van der Waals surface area contributed by atoms with E-state index < -0.39 is 11.5 Å². The summed E-state index contributed by atoms with van der Waals surface area (Å²) in [6.45, 7) is 1.27. The topological polar surface area (TPSA) is 52.9 Å². The Morgan fingerprint density at radius 3 is 2.18 bits per heavy atom. The predicted molar refractivity (Wildman–Crippen MR) is 67.9 cm³/mol. The summed E-state index contributed by atoms with van der Waals surface area (Å²) in [5, 5.41) is 15.1. The van der Waals surface area contributed by atoms with Crippen molar-refractivity contribution >= 4 is 51.6 Å². The first-order chi connectivity index (χ1) is 7.82. The maximum atomic E-state index is 11.9. The number of hydrogen-bond acceptors (Lipinski definition) is 3. The number of carbonyl (C=O) groups excluding carboxylic acids is 1. The lowest BCUT2D eigenvalue weighted by Crippen LogP contribution is -2.42. The van der Waals surface area contributed by atoms with E-state index in [0.717, 1.165) is 5.01 Å². The molecule has 7 heteroatoms. The molecule has 1 aromatic carbocycles. The van der Waals surface area contributed by atoms with Crippen LogP contribution in [0.4, 0.5) is 5.69 Å². The molecule has 1 atom stereocenters. The van der Waals surface area contributed by atoms with Crippen LogP contribution in [0.3, 0.4) is 0 Å². The second-order valence-corrected chi connectivity index (χ2v) is 4.94. The van der Waals surface area contributed by atoms with Crippen LogP contribution in [0.2, 0.25) is 10.0 Å². The molecule has 1 aliphatic heterocycles. The van der Waals surface area contributed by atoms with E-state index in [1.807, 2.05) is 0 Å². The van der Waals surface area contributed by atoms with Crippen molar-refractivity contribution in [2.45, 2.75) is 12.5 Å².